The van der Waals surface area contributed by atoms with Crippen molar-refractivity contribution in [3.8, 4) is 5.75 Å². The molecule has 0 bridgehead atoms. The quantitative estimate of drug-likeness (QED) is 0.269. The number of sulfone groups is 1. The third-order valence-corrected chi connectivity index (χ3v) is 8.50. The van der Waals surface area contributed by atoms with Crippen molar-refractivity contribution in [3.05, 3.63) is 95.6 Å². The van der Waals surface area contributed by atoms with Crippen molar-refractivity contribution in [2.24, 2.45) is 5.92 Å². The number of carbonyl (C=O) groups is 1. The molecule has 1 fully saturated rings. The maximum Gasteiger partial charge on any atom is 0.343 e. The van der Waals surface area contributed by atoms with Gasteiger partial charge in [-0.3, -0.25) is 4.90 Å². The number of ether oxygens (including phenoxy) is 1. The van der Waals surface area contributed by atoms with Crippen molar-refractivity contribution >= 4 is 40.6 Å². The Labute approximate surface area is 243 Å². The van der Waals surface area contributed by atoms with Crippen molar-refractivity contribution in [2.75, 3.05) is 32.4 Å². The molecule has 39 heavy (non-hydrogen) atoms. The highest BCUT2D eigenvalue weighted by Gasteiger charge is 2.28. The number of carbonyl (C=O) groups excluding carboxylic acids is 1. The lowest BCUT2D eigenvalue weighted by Gasteiger charge is -2.36. The van der Waals surface area contributed by atoms with E-state index in [0.29, 0.717) is 25.2 Å². The Morgan fingerprint density at radius 3 is 2.26 bits per heavy atom. The predicted molar refractivity (Wildman–Crippen MR) is 158 cm³/mol. The first-order chi connectivity index (χ1) is 17.8. The van der Waals surface area contributed by atoms with E-state index in [2.05, 4.69) is 17.4 Å². The van der Waals surface area contributed by atoms with Crippen LogP contribution < -0.4 is 10.1 Å². The second kappa shape index (κ2) is 15.4. The van der Waals surface area contributed by atoms with Gasteiger partial charge in [0.15, 0.2) is 9.84 Å². The molecule has 0 radical (unpaired) electrons. The molecule has 0 spiro atoms. The number of rotatable bonds is 10. The maximum absolute atomic E-state index is 12.9. The van der Waals surface area contributed by atoms with Crippen LogP contribution in [-0.2, 0) is 22.8 Å². The first-order valence-electron chi connectivity index (χ1n) is 12.6. The van der Waals surface area contributed by atoms with Crippen LogP contribution in [0.2, 0.25) is 0 Å². The van der Waals surface area contributed by atoms with Crippen LogP contribution in [0, 0.1) is 5.92 Å². The van der Waals surface area contributed by atoms with E-state index in [1.807, 2.05) is 42.3 Å². The van der Waals surface area contributed by atoms with Crippen LogP contribution in [0.1, 0.15) is 27.9 Å². The molecule has 10 heteroatoms. The second-order valence-corrected chi connectivity index (χ2v) is 11.6. The molecule has 0 aromatic heterocycles. The van der Waals surface area contributed by atoms with Gasteiger partial charge in [-0.15, -0.1) is 24.8 Å². The standard InChI is InChI=1S/C29H34N2O5S.2ClH/c1-30-20-23-7-9-24(10-8-23)29(33)36-26-11-13-27(14-12-26)37(34,35)18-17-31-16-15-25(28(32)21-31)19-22-5-3-2-4-6-22;;/h2-14,25,28,30,32H,15-21H2,1H3;2*1H/t25-,28-;;/m1../s1. The zero-order valence-corrected chi connectivity index (χ0v) is 24.3. The van der Waals surface area contributed by atoms with Gasteiger partial charge in [0.1, 0.15) is 5.75 Å². The van der Waals surface area contributed by atoms with Gasteiger partial charge in [0.25, 0.3) is 0 Å². The molecular formula is C29H36Cl2N2O5S. The predicted octanol–water partition coefficient (Wildman–Crippen LogP) is 4.17. The highest BCUT2D eigenvalue weighted by molar-refractivity contribution is 7.91. The summed E-state index contributed by atoms with van der Waals surface area (Å²) in [6.45, 7) is 2.29. The number of halogens is 2. The normalized spacial score (nSPS) is 17.5. The number of piperidine rings is 1. The number of aliphatic hydroxyl groups is 1. The van der Waals surface area contributed by atoms with E-state index < -0.39 is 21.9 Å². The van der Waals surface area contributed by atoms with Crippen LogP contribution in [-0.4, -0.2) is 62.9 Å². The molecule has 0 saturated carbocycles. The minimum atomic E-state index is -3.52. The van der Waals surface area contributed by atoms with Gasteiger partial charge >= 0.3 is 5.97 Å². The number of nitrogens with one attached hydrogen (secondary N) is 1. The number of hydrogen-bond donors (Lipinski definition) is 2. The average molecular weight is 596 g/mol. The molecule has 4 rings (SSSR count). The molecule has 1 saturated heterocycles. The van der Waals surface area contributed by atoms with Gasteiger partial charge in [-0.05, 0) is 79.9 Å². The summed E-state index contributed by atoms with van der Waals surface area (Å²) in [7, 11) is -1.66. The van der Waals surface area contributed by atoms with E-state index in [0.717, 1.165) is 24.9 Å². The molecule has 2 N–H and O–H groups in total. The summed E-state index contributed by atoms with van der Waals surface area (Å²) >= 11 is 0. The SMILES string of the molecule is CNCc1ccc(C(=O)Oc2ccc(S(=O)(=O)CCN3CC[C@H](Cc4ccccc4)[C@H](O)C3)cc2)cc1.Cl.Cl. The molecule has 1 aliphatic heterocycles. The summed E-state index contributed by atoms with van der Waals surface area (Å²) < 4.78 is 31.2. The monoisotopic (exact) mass is 594 g/mol. The van der Waals surface area contributed by atoms with E-state index in [1.54, 1.807) is 12.1 Å². The largest absolute Gasteiger partial charge is 0.423 e. The van der Waals surface area contributed by atoms with E-state index in [4.69, 9.17) is 4.74 Å². The Balaban J connectivity index is 0.00000267. The summed E-state index contributed by atoms with van der Waals surface area (Å²) in [4.78, 5) is 14.6. The zero-order chi connectivity index (χ0) is 26.3. The summed E-state index contributed by atoms with van der Waals surface area (Å²) in [5.74, 6) is -0.0780. The molecule has 7 nitrogen and oxygen atoms in total. The smallest absolute Gasteiger partial charge is 0.343 e. The van der Waals surface area contributed by atoms with Crippen molar-refractivity contribution in [1.29, 1.82) is 0 Å². The van der Waals surface area contributed by atoms with Crippen LogP contribution in [0.3, 0.4) is 0 Å². The number of aliphatic hydroxyl groups excluding tert-OH is 1. The minimum absolute atomic E-state index is 0. The molecule has 1 aliphatic rings. The van der Waals surface area contributed by atoms with E-state index in [1.165, 1.54) is 29.8 Å². The van der Waals surface area contributed by atoms with Gasteiger partial charge in [0.2, 0.25) is 0 Å². The number of hydrogen-bond acceptors (Lipinski definition) is 7. The molecule has 0 unspecified atom stereocenters. The summed E-state index contributed by atoms with van der Waals surface area (Å²) in [5, 5.41) is 13.7. The average Bonchev–Trinajstić information content (AvgIpc) is 2.90. The van der Waals surface area contributed by atoms with Crippen molar-refractivity contribution < 1.29 is 23.1 Å². The Kier molecular flexibility index (Phi) is 12.9. The highest BCUT2D eigenvalue weighted by atomic mass is 35.5. The first kappa shape index (κ1) is 32.8. The molecular weight excluding hydrogens is 559 g/mol. The number of benzene rings is 3. The van der Waals surface area contributed by atoms with Gasteiger partial charge < -0.3 is 15.2 Å². The first-order valence-corrected chi connectivity index (χ1v) is 14.2. The van der Waals surface area contributed by atoms with Crippen molar-refractivity contribution in [1.82, 2.24) is 10.2 Å². The Morgan fingerprint density at radius 1 is 0.974 bits per heavy atom. The number of likely N-dealkylation sites (tertiary alicyclic amines) is 1. The molecule has 2 atom stereocenters. The lowest BCUT2D eigenvalue weighted by atomic mass is 9.88. The minimum Gasteiger partial charge on any atom is -0.423 e. The van der Waals surface area contributed by atoms with Crippen LogP contribution in [0.25, 0.3) is 0 Å². The number of nitrogens with zero attached hydrogens (tertiary/aromatic N) is 1. The van der Waals surface area contributed by atoms with Crippen LogP contribution >= 0.6 is 24.8 Å². The Hall–Kier alpha value is -2.46. The topological polar surface area (TPSA) is 95.9 Å². The fraction of sp³-hybridized carbons (Fsp3) is 0.345. The fourth-order valence-corrected chi connectivity index (χ4v) is 5.90. The highest BCUT2D eigenvalue weighted by Crippen LogP contribution is 2.23. The molecule has 212 valence electrons. The Bertz CT molecular complexity index is 1270. The van der Waals surface area contributed by atoms with Gasteiger partial charge in [0, 0.05) is 19.6 Å². The summed E-state index contributed by atoms with van der Waals surface area (Å²) in [6.07, 6.45) is 1.17. The van der Waals surface area contributed by atoms with Gasteiger partial charge in [-0.2, -0.15) is 0 Å². The Morgan fingerprint density at radius 2 is 1.64 bits per heavy atom. The van der Waals surface area contributed by atoms with E-state index in [9.17, 15) is 18.3 Å². The van der Waals surface area contributed by atoms with Crippen molar-refractivity contribution in [2.45, 2.75) is 30.4 Å². The van der Waals surface area contributed by atoms with Crippen LogP contribution in [0.15, 0.2) is 83.8 Å². The fourth-order valence-electron chi connectivity index (χ4n) is 4.61. The van der Waals surface area contributed by atoms with Gasteiger partial charge in [0.05, 0.1) is 22.3 Å². The molecule has 0 amide bonds. The third-order valence-electron chi connectivity index (χ3n) is 6.79. The molecule has 1 heterocycles. The number of esters is 1. The van der Waals surface area contributed by atoms with E-state index in [-0.39, 0.29) is 47.1 Å². The number of β-amino-alcohol motifs (C(OH)–C–C–N with tert-alkyl or cyclic N) is 1. The van der Waals surface area contributed by atoms with Crippen molar-refractivity contribution in [3.63, 3.8) is 0 Å². The zero-order valence-electron chi connectivity index (χ0n) is 21.9. The molecule has 3 aromatic rings. The molecule has 3 aromatic carbocycles. The lowest BCUT2D eigenvalue weighted by molar-refractivity contribution is 0.0245. The summed E-state index contributed by atoms with van der Waals surface area (Å²) in [6, 6.07) is 23.2. The van der Waals surface area contributed by atoms with E-state index >= 15 is 0 Å². The summed E-state index contributed by atoms with van der Waals surface area (Å²) in [5.41, 5.74) is 2.69. The lowest BCUT2D eigenvalue weighted by Crippen LogP contribution is -2.46. The third kappa shape index (κ3) is 9.31. The second-order valence-electron chi connectivity index (χ2n) is 9.51. The van der Waals surface area contributed by atoms with Crippen LogP contribution in [0.5, 0.6) is 5.75 Å². The van der Waals surface area contributed by atoms with Gasteiger partial charge in [-0.25, -0.2) is 13.2 Å². The maximum atomic E-state index is 12.9. The van der Waals surface area contributed by atoms with Gasteiger partial charge in [-0.1, -0.05) is 42.5 Å². The molecule has 0 aliphatic carbocycles. The van der Waals surface area contributed by atoms with Crippen LogP contribution in [0.4, 0.5) is 0 Å².